The van der Waals surface area contributed by atoms with Gasteiger partial charge in [0, 0.05) is 28.3 Å². The van der Waals surface area contributed by atoms with Gasteiger partial charge in [-0.15, -0.1) is 0 Å². The maximum atomic E-state index is 12.2. The molecule has 0 bridgehead atoms. The van der Waals surface area contributed by atoms with E-state index in [4.69, 9.17) is 4.74 Å². The van der Waals surface area contributed by atoms with E-state index >= 15 is 0 Å². The summed E-state index contributed by atoms with van der Waals surface area (Å²) < 4.78 is 5.85. The van der Waals surface area contributed by atoms with Crippen LogP contribution in [0.15, 0.2) is 47.1 Å². The number of aromatic hydroxyl groups is 1. The van der Waals surface area contributed by atoms with Crippen molar-refractivity contribution in [3.8, 4) is 11.5 Å². The smallest absolute Gasteiger partial charge is 0.260 e. The molecule has 2 aromatic carbocycles. The van der Waals surface area contributed by atoms with Gasteiger partial charge in [-0.25, -0.2) is 0 Å². The third kappa shape index (κ3) is 3.51. The SMILES string of the molecule is COc1cc(CN/C=C2\C(=O)NC(=O)c3ccc(Br)cc32)ccc1O. The van der Waals surface area contributed by atoms with Crippen molar-refractivity contribution in [3.63, 3.8) is 0 Å². The number of methoxy groups -OCH3 is 1. The molecule has 128 valence electrons. The van der Waals surface area contributed by atoms with Gasteiger partial charge in [0.05, 0.1) is 12.7 Å². The monoisotopic (exact) mass is 402 g/mol. The Morgan fingerprint density at radius 2 is 1.96 bits per heavy atom. The van der Waals surface area contributed by atoms with Gasteiger partial charge in [0.25, 0.3) is 11.8 Å². The Kier molecular flexibility index (Phi) is 4.76. The highest BCUT2D eigenvalue weighted by molar-refractivity contribution is 9.10. The van der Waals surface area contributed by atoms with E-state index in [1.54, 1.807) is 42.6 Å². The number of phenolic OH excluding ortho intramolecular Hbond substituents is 1. The zero-order chi connectivity index (χ0) is 18.0. The molecule has 3 N–H and O–H groups in total. The van der Waals surface area contributed by atoms with E-state index < -0.39 is 11.8 Å². The Morgan fingerprint density at radius 1 is 1.16 bits per heavy atom. The fraction of sp³-hybridized carbons (Fsp3) is 0.111. The lowest BCUT2D eigenvalue weighted by molar-refractivity contribution is -0.114. The average molecular weight is 403 g/mol. The molecule has 1 heterocycles. The molecule has 1 aliphatic rings. The number of phenols is 1. The van der Waals surface area contributed by atoms with E-state index in [1.165, 1.54) is 7.11 Å². The lowest BCUT2D eigenvalue weighted by atomic mass is 9.95. The minimum Gasteiger partial charge on any atom is -0.504 e. The van der Waals surface area contributed by atoms with E-state index in [0.717, 1.165) is 10.0 Å². The number of halogens is 1. The van der Waals surface area contributed by atoms with Crippen LogP contribution in [0.4, 0.5) is 0 Å². The fourth-order valence-corrected chi connectivity index (χ4v) is 2.90. The minimum atomic E-state index is -0.452. The van der Waals surface area contributed by atoms with Gasteiger partial charge >= 0.3 is 0 Å². The number of imide groups is 1. The van der Waals surface area contributed by atoms with Crippen molar-refractivity contribution < 1.29 is 19.4 Å². The maximum absolute atomic E-state index is 12.2. The zero-order valence-corrected chi connectivity index (χ0v) is 14.9. The molecule has 2 amide bonds. The Balaban J connectivity index is 1.84. The largest absolute Gasteiger partial charge is 0.504 e. The lowest BCUT2D eigenvalue weighted by Crippen LogP contribution is -2.37. The molecule has 7 heteroatoms. The maximum Gasteiger partial charge on any atom is 0.260 e. The molecular formula is C18H15BrN2O4. The number of carbonyl (C=O) groups is 2. The summed E-state index contributed by atoms with van der Waals surface area (Å²) in [4.78, 5) is 24.1. The van der Waals surface area contributed by atoms with Crippen LogP contribution in [-0.2, 0) is 11.3 Å². The molecule has 0 aliphatic carbocycles. The summed E-state index contributed by atoms with van der Waals surface area (Å²) in [7, 11) is 1.48. The Morgan fingerprint density at radius 3 is 2.72 bits per heavy atom. The molecule has 3 rings (SSSR count). The summed E-state index contributed by atoms with van der Waals surface area (Å²) >= 11 is 3.36. The summed E-state index contributed by atoms with van der Waals surface area (Å²) in [5.74, 6) is -0.421. The van der Waals surface area contributed by atoms with Crippen molar-refractivity contribution in [1.29, 1.82) is 0 Å². The average Bonchev–Trinajstić information content (AvgIpc) is 2.58. The van der Waals surface area contributed by atoms with Gasteiger partial charge < -0.3 is 15.2 Å². The molecule has 2 aromatic rings. The quantitative estimate of drug-likeness (QED) is 0.540. The predicted octanol–water partition coefficient (Wildman–Crippen LogP) is 2.56. The van der Waals surface area contributed by atoms with Crippen LogP contribution in [0, 0.1) is 0 Å². The molecule has 0 spiro atoms. The van der Waals surface area contributed by atoms with Crippen molar-refractivity contribution in [2.24, 2.45) is 0 Å². The van der Waals surface area contributed by atoms with Gasteiger partial charge in [-0.3, -0.25) is 14.9 Å². The Labute approximate surface area is 152 Å². The lowest BCUT2D eigenvalue weighted by Gasteiger charge is -2.18. The van der Waals surface area contributed by atoms with Gasteiger partial charge in [-0.2, -0.15) is 0 Å². The van der Waals surface area contributed by atoms with E-state index in [9.17, 15) is 14.7 Å². The number of fused-ring (bicyclic) bond motifs is 1. The number of amides is 2. The number of nitrogens with one attached hydrogen (secondary N) is 2. The normalized spacial score (nSPS) is 14.9. The van der Waals surface area contributed by atoms with Crippen LogP contribution in [0.3, 0.4) is 0 Å². The van der Waals surface area contributed by atoms with Crippen molar-refractivity contribution in [1.82, 2.24) is 10.6 Å². The summed E-state index contributed by atoms with van der Waals surface area (Å²) in [6.07, 6.45) is 1.58. The second-order valence-corrected chi connectivity index (χ2v) is 6.33. The molecule has 0 fully saturated rings. The standard InChI is InChI=1S/C18H15BrN2O4/c1-25-16-6-10(2-5-15(16)22)8-20-9-14-13-7-11(19)3-4-12(13)17(23)21-18(14)24/h2-7,9,20,22H,8H2,1H3,(H,21,23,24)/b14-9-. The first-order chi connectivity index (χ1) is 12.0. The van der Waals surface area contributed by atoms with E-state index in [2.05, 4.69) is 26.6 Å². The second kappa shape index (κ2) is 6.98. The van der Waals surface area contributed by atoms with Crippen molar-refractivity contribution >= 4 is 33.3 Å². The molecule has 0 saturated carbocycles. The van der Waals surface area contributed by atoms with Crippen LogP contribution in [0.5, 0.6) is 11.5 Å². The van der Waals surface area contributed by atoms with Crippen LogP contribution >= 0.6 is 15.9 Å². The first-order valence-corrected chi connectivity index (χ1v) is 8.24. The second-order valence-electron chi connectivity index (χ2n) is 5.42. The highest BCUT2D eigenvalue weighted by Crippen LogP contribution is 2.28. The van der Waals surface area contributed by atoms with E-state index in [0.29, 0.717) is 29.0 Å². The number of ether oxygens (including phenoxy) is 1. The molecule has 25 heavy (non-hydrogen) atoms. The first kappa shape index (κ1) is 17.0. The van der Waals surface area contributed by atoms with Gasteiger partial charge in [0.15, 0.2) is 11.5 Å². The molecule has 0 atom stereocenters. The van der Waals surface area contributed by atoms with Gasteiger partial charge in [0.2, 0.25) is 0 Å². The fourth-order valence-electron chi connectivity index (χ4n) is 2.54. The summed E-state index contributed by atoms with van der Waals surface area (Å²) in [6, 6.07) is 10.2. The van der Waals surface area contributed by atoms with Gasteiger partial charge in [0.1, 0.15) is 0 Å². The molecule has 0 saturated heterocycles. The third-order valence-corrected chi connectivity index (χ3v) is 4.28. The number of carbonyl (C=O) groups excluding carboxylic acids is 2. The van der Waals surface area contributed by atoms with Crippen LogP contribution in [0.25, 0.3) is 5.57 Å². The third-order valence-electron chi connectivity index (χ3n) is 3.78. The summed E-state index contributed by atoms with van der Waals surface area (Å²) in [5.41, 5.74) is 2.26. The van der Waals surface area contributed by atoms with E-state index in [1.807, 2.05) is 0 Å². The van der Waals surface area contributed by atoms with E-state index in [-0.39, 0.29) is 5.75 Å². The predicted molar refractivity (Wildman–Crippen MR) is 96.1 cm³/mol. The van der Waals surface area contributed by atoms with Crippen LogP contribution in [0.2, 0.25) is 0 Å². The van der Waals surface area contributed by atoms with Crippen molar-refractivity contribution in [2.45, 2.75) is 6.54 Å². The summed E-state index contributed by atoms with van der Waals surface area (Å²) in [6.45, 7) is 0.421. The Hall–Kier alpha value is -2.80. The number of rotatable bonds is 4. The number of hydrogen-bond donors (Lipinski definition) is 3. The minimum absolute atomic E-state index is 0.0635. The van der Waals surface area contributed by atoms with Gasteiger partial charge in [-0.1, -0.05) is 22.0 Å². The molecule has 0 radical (unpaired) electrons. The van der Waals surface area contributed by atoms with Crippen LogP contribution in [-0.4, -0.2) is 24.0 Å². The van der Waals surface area contributed by atoms with Crippen LogP contribution in [0.1, 0.15) is 21.5 Å². The van der Waals surface area contributed by atoms with Crippen molar-refractivity contribution in [3.05, 3.63) is 63.8 Å². The zero-order valence-electron chi connectivity index (χ0n) is 13.3. The molecule has 6 nitrogen and oxygen atoms in total. The molecule has 1 aliphatic heterocycles. The first-order valence-electron chi connectivity index (χ1n) is 7.44. The molecular weight excluding hydrogens is 388 g/mol. The van der Waals surface area contributed by atoms with Gasteiger partial charge in [-0.05, 0) is 35.9 Å². The highest BCUT2D eigenvalue weighted by atomic mass is 79.9. The number of hydrogen-bond acceptors (Lipinski definition) is 5. The highest BCUT2D eigenvalue weighted by Gasteiger charge is 2.27. The molecule has 0 aromatic heterocycles. The van der Waals surface area contributed by atoms with Crippen molar-refractivity contribution in [2.75, 3.05) is 7.11 Å². The number of benzene rings is 2. The summed E-state index contributed by atoms with van der Waals surface area (Å²) in [5, 5.41) is 15.0. The topological polar surface area (TPSA) is 87.7 Å². The van der Waals surface area contributed by atoms with Crippen LogP contribution < -0.4 is 15.4 Å². The molecule has 0 unspecified atom stereocenters. The Bertz CT molecular complexity index is 893.